The van der Waals surface area contributed by atoms with Gasteiger partial charge in [-0.3, -0.25) is 4.79 Å². The predicted molar refractivity (Wildman–Crippen MR) is 73.9 cm³/mol. The Balaban J connectivity index is 2.09. The first kappa shape index (κ1) is 12.0. The third kappa shape index (κ3) is 2.14. The summed E-state index contributed by atoms with van der Waals surface area (Å²) in [7, 11) is 0. The summed E-state index contributed by atoms with van der Waals surface area (Å²) in [4.78, 5) is 11.4. The Morgan fingerprint density at radius 1 is 0.842 bits per heavy atom. The molecule has 0 radical (unpaired) electrons. The van der Waals surface area contributed by atoms with Crippen LogP contribution in [0, 0.1) is 0 Å². The Hall–Kier alpha value is -2.09. The molecule has 1 aliphatic heterocycles. The lowest BCUT2D eigenvalue weighted by molar-refractivity contribution is -0.149. The van der Waals surface area contributed by atoms with E-state index in [0.717, 1.165) is 6.42 Å². The second-order valence-electron chi connectivity index (χ2n) is 4.97. The zero-order valence-corrected chi connectivity index (χ0v) is 10.7. The fraction of sp³-hybridized carbons (Fsp3) is 0.235. The van der Waals surface area contributed by atoms with Gasteiger partial charge in [0, 0.05) is 6.42 Å². The molecule has 2 heteroatoms. The second-order valence-corrected chi connectivity index (χ2v) is 4.97. The Kier molecular flexibility index (Phi) is 3.08. The van der Waals surface area contributed by atoms with Gasteiger partial charge in [0.2, 0.25) is 0 Å². The minimum atomic E-state index is -0.198. The summed E-state index contributed by atoms with van der Waals surface area (Å²) in [5.74, 6) is -0.0949. The lowest BCUT2D eigenvalue weighted by Crippen LogP contribution is -2.39. The van der Waals surface area contributed by atoms with Crippen LogP contribution in [0.4, 0.5) is 0 Å². The molecule has 2 aromatic carbocycles. The van der Waals surface area contributed by atoms with Crippen molar-refractivity contribution >= 4 is 5.97 Å². The highest BCUT2D eigenvalue weighted by Gasteiger charge is 2.39. The molecular formula is C17H16O2. The molecule has 96 valence electrons. The SMILES string of the molecule is O=C1CCC(c2ccccc2)(c2ccccc2)CO1. The van der Waals surface area contributed by atoms with Crippen molar-refractivity contribution in [2.75, 3.05) is 6.61 Å². The van der Waals surface area contributed by atoms with Gasteiger partial charge in [-0.1, -0.05) is 60.7 Å². The van der Waals surface area contributed by atoms with Gasteiger partial charge >= 0.3 is 5.97 Å². The zero-order chi connectivity index (χ0) is 13.1. The van der Waals surface area contributed by atoms with Gasteiger partial charge in [0.05, 0.1) is 5.41 Å². The maximum atomic E-state index is 11.4. The van der Waals surface area contributed by atoms with Crippen LogP contribution in [0.15, 0.2) is 60.7 Å². The highest BCUT2D eigenvalue weighted by molar-refractivity contribution is 5.71. The summed E-state index contributed by atoms with van der Waals surface area (Å²) in [5, 5.41) is 0. The first-order valence-corrected chi connectivity index (χ1v) is 6.58. The molecule has 1 heterocycles. The molecule has 0 unspecified atom stereocenters. The molecule has 1 aliphatic rings. The van der Waals surface area contributed by atoms with Crippen molar-refractivity contribution in [3.05, 3.63) is 71.8 Å². The van der Waals surface area contributed by atoms with Crippen LogP contribution in [-0.2, 0) is 14.9 Å². The number of carbonyl (C=O) groups excluding carboxylic acids is 1. The Labute approximate surface area is 113 Å². The van der Waals surface area contributed by atoms with Crippen LogP contribution in [0.25, 0.3) is 0 Å². The number of hydrogen-bond acceptors (Lipinski definition) is 2. The van der Waals surface area contributed by atoms with Crippen molar-refractivity contribution in [3.63, 3.8) is 0 Å². The van der Waals surface area contributed by atoms with Crippen molar-refractivity contribution in [3.8, 4) is 0 Å². The van der Waals surface area contributed by atoms with Crippen molar-refractivity contribution in [1.82, 2.24) is 0 Å². The molecule has 1 fully saturated rings. The third-order valence-corrected chi connectivity index (χ3v) is 3.89. The van der Waals surface area contributed by atoms with Gasteiger partial charge in [0.25, 0.3) is 0 Å². The molecule has 0 aliphatic carbocycles. The first-order chi connectivity index (χ1) is 9.31. The minimum absolute atomic E-state index is 0.0949. The molecule has 3 rings (SSSR count). The van der Waals surface area contributed by atoms with Crippen molar-refractivity contribution in [1.29, 1.82) is 0 Å². The fourth-order valence-corrected chi connectivity index (χ4v) is 2.80. The van der Waals surface area contributed by atoms with Crippen LogP contribution >= 0.6 is 0 Å². The molecule has 0 spiro atoms. The summed E-state index contributed by atoms with van der Waals surface area (Å²) in [6, 6.07) is 20.6. The number of cyclic esters (lactones) is 1. The molecule has 19 heavy (non-hydrogen) atoms. The molecular weight excluding hydrogens is 236 g/mol. The van der Waals surface area contributed by atoms with Gasteiger partial charge in [-0.05, 0) is 17.5 Å². The van der Waals surface area contributed by atoms with E-state index in [1.807, 2.05) is 36.4 Å². The molecule has 2 aromatic rings. The number of carbonyl (C=O) groups is 1. The predicted octanol–water partition coefficient (Wildman–Crippen LogP) is 3.31. The molecule has 0 amide bonds. The molecule has 0 bridgehead atoms. The van der Waals surface area contributed by atoms with Gasteiger partial charge in [0.15, 0.2) is 0 Å². The highest BCUT2D eigenvalue weighted by Crippen LogP contribution is 2.39. The lowest BCUT2D eigenvalue weighted by Gasteiger charge is -2.37. The molecule has 0 N–H and O–H groups in total. The second kappa shape index (κ2) is 4.88. The Bertz CT molecular complexity index is 509. The standard InChI is InChI=1S/C17H16O2/c18-16-11-12-17(13-19-16,14-7-3-1-4-8-14)15-9-5-2-6-10-15/h1-10H,11-13H2. The molecule has 0 aromatic heterocycles. The van der Waals surface area contributed by atoms with Crippen LogP contribution in [-0.4, -0.2) is 12.6 Å². The number of benzene rings is 2. The van der Waals surface area contributed by atoms with Gasteiger partial charge < -0.3 is 4.74 Å². The number of esters is 1. The maximum Gasteiger partial charge on any atom is 0.305 e. The summed E-state index contributed by atoms with van der Waals surface area (Å²) in [6.45, 7) is 0.430. The van der Waals surface area contributed by atoms with Crippen molar-refractivity contribution < 1.29 is 9.53 Å². The molecule has 2 nitrogen and oxygen atoms in total. The van der Waals surface area contributed by atoms with E-state index in [2.05, 4.69) is 24.3 Å². The Morgan fingerprint density at radius 2 is 1.37 bits per heavy atom. The summed E-state index contributed by atoms with van der Waals surface area (Å²) < 4.78 is 5.36. The van der Waals surface area contributed by atoms with E-state index in [9.17, 15) is 4.79 Å². The van der Waals surface area contributed by atoms with Crippen LogP contribution in [0.3, 0.4) is 0 Å². The normalized spacial score (nSPS) is 17.8. The summed E-state index contributed by atoms with van der Waals surface area (Å²) in [5.41, 5.74) is 2.23. The van der Waals surface area contributed by atoms with Gasteiger partial charge in [0.1, 0.15) is 6.61 Å². The van der Waals surface area contributed by atoms with E-state index in [1.165, 1.54) is 11.1 Å². The Morgan fingerprint density at radius 3 is 1.79 bits per heavy atom. The van der Waals surface area contributed by atoms with Gasteiger partial charge in [-0.2, -0.15) is 0 Å². The van der Waals surface area contributed by atoms with Crippen LogP contribution in [0.1, 0.15) is 24.0 Å². The van der Waals surface area contributed by atoms with E-state index in [0.29, 0.717) is 13.0 Å². The highest BCUT2D eigenvalue weighted by atomic mass is 16.5. The number of rotatable bonds is 2. The van der Waals surface area contributed by atoms with E-state index < -0.39 is 0 Å². The fourth-order valence-electron chi connectivity index (χ4n) is 2.80. The van der Waals surface area contributed by atoms with Crippen molar-refractivity contribution in [2.45, 2.75) is 18.3 Å². The average molecular weight is 252 g/mol. The topological polar surface area (TPSA) is 26.3 Å². The smallest absolute Gasteiger partial charge is 0.305 e. The van der Waals surface area contributed by atoms with E-state index in [-0.39, 0.29) is 11.4 Å². The monoisotopic (exact) mass is 252 g/mol. The van der Waals surface area contributed by atoms with E-state index >= 15 is 0 Å². The largest absolute Gasteiger partial charge is 0.464 e. The summed E-state index contributed by atoms with van der Waals surface area (Å²) in [6.07, 6.45) is 1.28. The first-order valence-electron chi connectivity index (χ1n) is 6.58. The van der Waals surface area contributed by atoms with Crippen LogP contribution in [0.5, 0.6) is 0 Å². The molecule has 0 saturated carbocycles. The van der Waals surface area contributed by atoms with Gasteiger partial charge in [-0.25, -0.2) is 0 Å². The lowest BCUT2D eigenvalue weighted by atomic mass is 9.71. The zero-order valence-electron chi connectivity index (χ0n) is 10.7. The summed E-state index contributed by atoms with van der Waals surface area (Å²) >= 11 is 0. The van der Waals surface area contributed by atoms with Crippen LogP contribution < -0.4 is 0 Å². The maximum absolute atomic E-state index is 11.4. The van der Waals surface area contributed by atoms with Gasteiger partial charge in [-0.15, -0.1) is 0 Å². The molecule has 1 saturated heterocycles. The molecule has 0 atom stereocenters. The average Bonchev–Trinajstić information content (AvgIpc) is 2.50. The van der Waals surface area contributed by atoms with E-state index in [1.54, 1.807) is 0 Å². The number of ether oxygens (including phenoxy) is 1. The third-order valence-electron chi connectivity index (χ3n) is 3.89. The van der Waals surface area contributed by atoms with Crippen LogP contribution in [0.2, 0.25) is 0 Å². The van der Waals surface area contributed by atoms with E-state index in [4.69, 9.17) is 4.74 Å². The van der Waals surface area contributed by atoms with Crippen molar-refractivity contribution in [2.24, 2.45) is 0 Å². The number of hydrogen-bond donors (Lipinski definition) is 0. The minimum Gasteiger partial charge on any atom is -0.464 e. The quantitative estimate of drug-likeness (QED) is 0.766.